The number of amides is 1. The third-order valence-electron chi connectivity index (χ3n) is 3.07. The van der Waals surface area contributed by atoms with Crippen molar-refractivity contribution in [1.82, 2.24) is 10.6 Å². The standard InChI is InChI=1S/C10H18N2O2/c13-9-4-8(5-9)12-7-2-1-3-11-10(14)6-7/h7-9,12-13H,1-6H2,(H,11,14). The van der Waals surface area contributed by atoms with Gasteiger partial charge in [-0.3, -0.25) is 4.79 Å². The second-order valence-corrected chi connectivity index (χ2v) is 4.38. The van der Waals surface area contributed by atoms with Gasteiger partial charge < -0.3 is 15.7 Å². The molecule has 0 aromatic rings. The van der Waals surface area contributed by atoms with Gasteiger partial charge in [0.1, 0.15) is 0 Å². The van der Waals surface area contributed by atoms with E-state index >= 15 is 0 Å². The van der Waals surface area contributed by atoms with Crippen molar-refractivity contribution in [1.29, 1.82) is 0 Å². The highest BCUT2D eigenvalue weighted by atomic mass is 16.3. The zero-order chi connectivity index (χ0) is 9.97. The lowest BCUT2D eigenvalue weighted by molar-refractivity contribution is -0.121. The van der Waals surface area contributed by atoms with Gasteiger partial charge >= 0.3 is 0 Å². The normalized spacial score (nSPS) is 38.4. The van der Waals surface area contributed by atoms with E-state index in [1.807, 2.05) is 0 Å². The van der Waals surface area contributed by atoms with Gasteiger partial charge in [0.25, 0.3) is 0 Å². The summed E-state index contributed by atoms with van der Waals surface area (Å²) < 4.78 is 0. The minimum absolute atomic E-state index is 0.118. The Kier molecular flexibility index (Phi) is 3.03. The largest absolute Gasteiger partial charge is 0.393 e. The Morgan fingerprint density at radius 3 is 2.86 bits per heavy atom. The van der Waals surface area contributed by atoms with E-state index in [2.05, 4.69) is 10.6 Å². The number of aliphatic hydroxyl groups is 1. The van der Waals surface area contributed by atoms with E-state index in [1.54, 1.807) is 0 Å². The fraction of sp³-hybridized carbons (Fsp3) is 0.900. The van der Waals surface area contributed by atoms with Gasteiger partial charge in [-0.2, -0.15) is 0 Å². The zero-order valence-corrected chi connectivity index (χ0v) is 8.33. The van der Waals surface area contributed by atoms with Gasteiger partial charge in [-0.05, 0) is 25.7 Å². The Morgan fingerprint density at radius 1 is 1.36 bits per heavy atom. The van der Waals surface area contributed by atoms with Gasteiger partial charge in [0.05, 0.1) is 6.10 Å². The summed E-state index contributed by atoms with van der Waals surface area (Å²) in [6.45, 7) is 0.810. The molecule has 14 heavy (non-hydrogen) atoms. The van der Waals surface area contributed by atoms with Crippen LogP contribution in [0.4, 0.5) is 0 Å². The number of carbonyl (C=O) groups excluding carboxylic acids is 1. The lowest BCUT2D eigenvalue weighted by atomic mass is 9.88. The van der Waals surface area contributed by atoms with Crippen molar-refractivity contribution in [3.8, 4) is 0 Å². The maximum atomic E-state index is 11.2. The summed E-state index contributed by atoms with van der Waals surface area (Å²) in [6, 6.07) is 0.746. The SMILES string of the molecule is O=C1CC(NC2CC(O)C2)CCCN1. The summed E-state index contributed by atoms with van der Waals surface area (Å²) in [7, 11) is 0. The summed E-state index contributed by atoms with van der Waals surface area (Å²) >= 11 is 0. The highest BCUT2D eigenvalue weighted by Gasteiger charge is 2.29. The molecule has 1 unspecified atom stereocenters. The molecule has 0 bridgehead atoms. The van der Waals surface area contributed by atoms with Crippen molar-refractivity contribution in [3.63, 3.8) is 0 Å². The maximum absolute atomic E-state index is 11.2. The highest BCUT2D eigenvalue weighted by molar-refractivity contribution is 5.76. The van der Waals surface area contributed by atoms with Crippen molar-refractivity contribution in [2.24, 2.45) is 0 Å². The smallest absolute Gasteiger partial charge is 0.221 e. The molecule has 0 radical (unpaired) electrons. The van der Waals surface area contributed by atoms with Crippen LogP contribution >= 0.6 is 0 Å². The Labute approximate surface area is 84.1 Å². The average Bonchev–Trinajstić information content (AvgIpc) is 2.27. The predicted molar refractivity (Wildman–Crippen MR) is 52.8 cm³/mol. The molecular weight excluding hydrogens is 180 g/mol. The van der Waals surface area contributed by atoms with E-state index in [9.17, 15) is 4.79 Å². The first-order chi connectivity index (χ1) is 6.74. The molecule has 1 aliphatic heterocycles. The number of carbonyl (C=O) groups is 1. The molecular formula is C10H18N2O2. The molecule has 2 aliphatic rings. The van der Waals surface area contributed by atoms with E-state index < -0.39 is 0 Å². The summed E-state index contributed by atoms with van der Waals surface area (Å²) in [4.78, 5) is 11.2. The molecule has 1 atom stereocenters. The first kappa shape index (κ1) is 9.93. The molecule has 80 valence electrons. The van der Waals surface area contributed by atoms with E-state index in [4.69, 9.17) is 5.11 Å². The van der Waals surface area contributed by atoms with Gasteiger partial charge in [0.15, 0.2) is 0 Å². The van der Waals surface area contributed by atoms with Gasteiger partial charge in [0, 0.05) is 25.0 Å². The minimum Gasteiger partial charge on any atom is -0.393 e. The molecule has 0 aromatic carbocycles. The average molecular weight is 198 g/mol. The predicted octanol–water partition coefficient (Wildman–Crippen LogP) is -0.232. The second-order valence-electron chi connectivity index (χ2n) is 4.38. The molecule has 0 aromatic heterocycles. The van der Waals surface area contributed by atoms with Gasteiger partial charge in [-0.1, -0.05) is 0 Å². The molecule has 1 amide bonds. The fourth-order valence-corrected chi connectivity index (χ4v) is 2.17. The van der Waals surface area contributed by atoms with Crippen LogP contribution in [0.25, 0.3) is 0 Å². The van der Waals surface area contributed by atoms with Crippen LogP contribution in [0.3, 0.4) is 0 Å². The molecule has 1 aliphatic carbocycles. The minimum atomic E-state index is -0.118. The quantitative estimate of drug-likeness (QED) is 0.574. The van der Waals surface area contributed by atoms with Crippen molar-refractivity contribution < 1.29 is 9.90 Å². The molecule has 1 saturated carbocycles. The summed E-state index contributed by atoms with van der Waals surface area (Å²) in [5.41, 5.74) is 0. The van der Waals surface area contributed by atoms with E-state index in [0.717, 1.165) is 32.2 Å². The number of hydrogen-bond acceptors (Lipinski definition) is 3. The molecule has 0 spiro atoms. The third-order valence-corrected chi connectivity index (χ3v) is 3.07. The number of nitrogens with one attached hydrogen (secondary N) is 2. The van der Waals surface area contributed by atoms with Crippen LogP contribution in [0.2, 0.25) is 0 Å². The first-order valence-corrected chi connectivity index (χ1v) is 5.45. The van der Waals surface area contributed by atoms with Gasteiger partial charge in [-0.15, -0.1) is 0 Å². The van der Waals surface area contributed by atoms with Crippen molar-refractivity contribution in [3.05, 3.63) is 0 Å². The maximum Gasteiger partial charge on any atom is 0.221 e. The topological polar surface area (TPSA) is 61.4 Å². The number of hydrogen-bond donors (Lipinski definition) is 3. The first-order valence-electron chi connectivity index (χ1n) is 5.45. The third kappa shape index (κ3) is 2.45. The number of aliphatic hydroxyl groups excluding tert-OH is 1. The van der Waals surface area contributed by atoms with Gasteiger partial charge in [0.2, 0.25) is 5.91 Å². The lowest BCUT2D eigenvalue weighted by Gasteiger charge is -2.35. The number of rotatable bonds is 2. The van der Waals surface area contributed by atoms with Gasteiger partial charge in [-0.25, -0.2) is 0 Å². The van der Waals surface area contributed by atoms with Crippen LogP contribution in [0.5, 0.6) is 0 Å². The molecule has 2 rings (SSSR count). The fourth-order valence-electron chi connectivity index (χ4n) is 2.17. The monoisotopic (exact) mass is 198 g/mol. The highest BCUT2D eigenvalue weighted by Crippen LogP contribution is 2.21. The molecule has 1 saturated heterocycles. The van der Waals surface area contributed by atoms with Crippen LogP contribution < -0.4 is 10.6 Å². The van der Waals surface area contributed by atoms with Crippen molar-refractivity contribution in [2.75, 3.05) is 6.54 Å². The molecule has 3 N–H and O–H groups in total. The van der Waals surface area contributed by atoms with Crippen LogP contribution in [0, 0.1) is 0 Å². The second kappa shape index (κ2) is 4.28. The van der Waals surface area contributed by atoms with Crippen LogP contribution in [-0.2, 0) is 4.79 Å². The van der Waals surface area contributed by atoms with Crippen LogP contribution in [0.15, 0.2) is 0 Å². The molecule has 2 fully saturated rings. The van der Waals surface area contributed by atoms with Crippen LogP contribution in [-0.4, -0.2) is 35.7 Å². The zero-order valence-electron chi connectivity index (χ0n) is 8.33. The lowest BCUT2D eigenvalue weighted by Crippen LogP contribution is -2.49. The molecule has 4 heteroatoms. The Bertz CT molecular complexity index is 214. The summed E-state index contributed by atoms with van der Waals surface area (Å²) in [6.07, 6.45) is 4.28. The van der Waals surface area contributed by atoms with Crippen LogP contribution in [0.1, 0.15) is 32.1 Å². The Morgan fingerprint density at radius 2 is 2.14 bits per heavy atom. The molecule has 4 nitrogen and oxygen atoms in total. The van der Waals surface area contributed by atoms with E-state index in [-0.39, 0.29) is 12.0 Å². The summed E-state index contributed by atoms with van der Waals surface area (Å²) in [5, 5.41) is 15.4. The Hall–Kier alpha value is -0.610. The Balaban J connectivity index is 1.75. The van der Waals surface area contributed by atoms with Crippen molar-refractivity contribution >= 4 is 5.91 Å². The molecule has 1 heterocycles. The summed E-state index contributed by atoms with van der Waals surface area (Å²) in [5.74, 6) is 0.153. The van der Waals surface area contributed by atoms with E-state index in [1.165, 1.54) is 0 Å². The van der Waals surface area contributed by atoms with Crippen molar-refractivity contribution in [2.45, 2.75) is 50.3 Å². The van der Waals surface area contributed by atoms with E-state index in [0.29, 0.717) is 18.5 Å².